The van der Waals surface area contributed by atoms with Crippen LogP contribution in [-0.4, -0.2) is 27.0 Å². The Kier molecular flexibility index (Phi) is 3.33. The van der Waals surface area contributed by atoms with Gasteiger partial charge in [0.15, 0.2) is 11.5 Å². The van der Waals surface area contributed by atoms with Gasteiger partial charge in [-0.15, -0.1) is 0 Å². The number of aromatic nitrogens is 2. The molecule has 1 aromatic heterocycles. The van der Waals surface area contributed by atoms with Crippen molar-refractivity contribution in [2.75, 3.05) is 5.32 Å². The highest BCUT2D eigenvalue weighted by atomic mass is 16.4. The summed E-state index contributed by atoms with van der Waals surface area (Å²) >= 11 is 0. The van der Waals surface area contributed by atoms with Crippen molar-refractivity contribution in [3.8, 4) is 0 Å². The van der Waals surface area contributed by atoms with Gasteiger partial charge < -0.3 is 10.4 Å². The van der Waals surface area contributed by atoms with E-state index in [1.54, 1.807) is 13.8 Å². The topological polar surface area (TPSA) is 92.2 Å². The van der Waals surface area contributed by atoms with Crippen molar-refractivity contribution in [3.05, 3.63) is 18.1 Å². The van der Waals surface area contributed by atoms with Crippen LogP contribution in [0.3, 0.4) is 0 Å². The van der Waals surface area contributed by atoms with Crippen LogP contribution in [0.4, 0.5) is 5.82 Å². The number of carbonyl (C=O) groups is 2. The van der Waals surface area contributed by atoms with Crippen LogP contribution in [0.25, 0.3) is 0 Å². The normalized spacial score (nSPS) is 10.1. The second kappa shape index (κ2) is 4.50. The molecule has 0 bridgehead atoms. The summed E-state index contributed by atoms with van der Waals surface area (Å²) in [5, 5.41) is 11.2. The van der Waals surface area contributed by atoms with Gasteiger partial charge >= 0.3 is 5.97 Å². The van der Waals surface area contributed by atoms with Gasteiger partial charge in [-0.05, 0) is 0 Å². The van der Waals surface area contributed by atoms with Crippen molar-refractivity contribution in [1.29, 1.82) is 0 Å². The summed E-state index contributed by atoms with van der Waals surface area (Å²) in [5.41, 5.74) is -0.258. The fourth-order valence-corrected chi connectivity index (χ4v) is 0.847. The Morgan fingerprint density at radius 2 is 1.93 bits per heavy atom. The molecule has 0 saturated heterocycles. The number of nitrogens with zero attached hydrogens (tertiary/aromatic N) is 2. The molecule has 0 spiro atoms. The molecule has 15 heavy (non-hydrogen) atoms. The fraction of sp³-hybridized carbons (Fsp3) is 0.333. The van der Waals surface area contributed by atoms with Gasteiger partial charge in [0.25, 0.3) is 0 Å². The van der Waals surface area contributed by atoms with Gasteiger partial charge in [0.05, 0.1) is 0 Å². The molecule has 2 N–H and O–H groups in total. The maximum atomic E-state index is 11.3. The summed E-state index contributed by atoms with van der Waals surface area (Å²) in [6.45, 7) is 3.40. The van der Waals surface area contributed by atoms with Crippen LogP contribution < -0.4 is 5.32 Å². The third kappa shape index (κ3) is 2.73. The maximum absolute atomic E-state index is 11.3. The Bertz CT molecular complexity index is 390. The molecular weight excluding hydrogens is 198 g/mol. The van der Waals surface area contributed by atoms with E-state index in [4.69, 9.17) is 5.11 Å². The number of hydrogen-bond acceptors (Lipinski definition) is 4. The first-order valence-electron chi connectivity index (χ1n) is 4.37. The van der Waals surface area contributed by atoms with E-state index in [1.807, 2.05) is 0 Å². The number of carboxylic acid groups (broad SMARTS) is 1. The molecule has 0 atom stereocenters. The molecule has 0 aliphatic rings. The van der Waals surface area contributed by atoms with Crippen LogP contribution in [0.15, 0.2) is 12.4 Å². The van der Waals surface area contributed by atoms with E-state index in [9.17, 15) is 9.59 Å². The molecule has 0 saturated carbocycles. The molecule has 1 amide bonds. The number of nitrogens with one attached hydrogen (secondary N) is 1. The molecule has 6 heteroatoms. The minimum Gasteiger partial charge on any atom is -0.476 e. The zero-order chi connectivity index (χ0) is 11.4. The van der Waals surface area contributed by atoms with E-state index >= 15 is 0 Å². The minimum absolute atomic E-state index is 0.0244. The van der Waals surface area contributed by atoms with E-state index in [0.717, 1.165) is 0 Å². The third-order valence-electron chi connectivity index (χ3n) is 1.67. The van der Waals surface area contributed by atoms with Gasteiger partial charge in [-0.2, -0.15) is 0 Å². The standard InChI is InChI=1S/C9H11N3O3/c1-5(2)8(13)12-7-6(9(14)15)10-3-4-11-7/h3-5H,1-2H3,(H,14,15)(H,11,12,13). The lowest BCUT2D eigenvalue weighted by atomic mass is 10.2. The highest BCUT2D eigenvalue weighted by Gasteiger charge is 2.16. The molecular formula is C9H11N3O3. The molecule has 0 radical (unpaired) electrons. The van der Waals surface area contributed by atoms with Crippen LogP contribution in [0.5, 0.6) is 0 Å². The summed E-state index contributed by atoms with van der Waals surface area (Å²) < 4.78 is 0. The number of amides is 1. The number of carboxylic acids is 1. The predicted molar refractivity (Wildman–Crippen MR) is 52.5 cm³/mol. The Morgan fingerprint density at radius 1 is 1.33 bits per heavy atom. The van der Waals surface area contributed by atoms with E-state index in [1.165, 1.54) is 12.4 Å². The van der Waals surface area contributed by atoms with Crippen molar-refractivity contribution >= 4 is 17.7 Å². The molecule has 80 valence electrons. The lowest BCUT2D eigenvalue weighted by Crippen LogP contribution is -2.21. The Morgan fingerprint density at radius 3 is 2.47 bits per heavy atom. The number of anilines is 1. The van der Waals surface area contributed by atoms with Crippen molar-refractivity contribution < 1.29 is 14.7 Å². The highest BCUT2D eigenvalue weighted by Crippen LogP contribution is 2.09. The van der Waals surface area contributed by atoms with Crippen molar-refractivity contribution in [2.45, 2.75) is 13.8 Å². The summed E-state index contributed by atoms with van der Waals surface area (Å²) in [6, 6.07) is 0. The minimum atomic E-state index is -1.22. The Hall–Kier alpha value is -1.98. The second-order valence-corrected chi connectivity index (χ2v) is 3.20. The SMILES string of the molecule is CC(C)C(=O)Nc1nccnc1C(=O)O. The van der Waals surface area contributed by atoms with Gasteiger partial charge in [-0.25, -0.2) is 14.8 Å². The quantitative estimate of drug-likeness (QED) is 0.767. The molecule has 0 aromatic carbocycles. The van der Waals surface area contributed by atoms with Crippen LogP contribution in [-0.2, 0) is 4.79 Å². The van der Waals surface area contributed by atoms with Gasteiger partial charge in [0.1, 0.15) is 0 Å². The monoisotopic (exact) mass is 209 g/mol. The predicted octanol–water partition coefficient (Wildman–Crippen LogP) is 0.769. The lowest BCUT2D eigenvalue weighted by molar-refractivity contribution is -0.118. The van der Waals surface area contributed by atoms with Crippen molar-refractivity contribution in [2.24, 2.45) is 5.92 Å². The first-order valence-corrected chi connectivity index (χ1v) is 4.37. The van der Waals surface area contributed by atoms with E-state index < -0.39 is 5.97 Å². The zero-order valence-corrected chi connectivity index (χ0v) is 8.39. The Balaban J connectivity index is 2.94. The van der Waals surface area contributed by atoms with E-state index in [-0.39, 0.29) is 23.3 Å². The van der Waals surface area contributed by atoms with Gasteiger partial charge in [-0.1, -0.05) is 13.8 Å². The summed E-state index contributed by atoms with van der Waals surface area (Å²) in [6.07, 6.45) is 2.58. The van der Waals surface area contributed by atoms with Gasteiger partial charge in [0, 0.05) is 18.3 Å². The smallest absolute Gasteiger partial charge is 0.358 e. The molecule has 0 unspecified atom stereocenters. The summed E-state index contributed by atoms with van der Waals surface area (Å²) in [5.74, 6) is -1.78. The zero-order valence-electron chi connectivity index (χ0n) is 8.39. The second-order valence-electron chi connectivity index (χ2n) is 3.20. The van der Waals surface area contributed by atoms with Crippen LogP contribution >= 0.6 is 0 Å². The number of hydrogen-bond donors (Lipinski definition) is 2. The molecule has 1 heterocycles. The fourth-order valence-electron chi connectivity index (χ4n) is 0.847. The average molecular weight is 209 g/mol. The van der Waals surface area contributed by atoms with Crippen LogP contribution in [0, 0.1) is 5.92 Å². The van der Waals surface area contributed by atoms with Crippen LogP contribution in [0.2, 0.25) is 0 Å². The van der Waals surface area contributed by atoms with E-state index in [0.29, 0.717) is 0 Å². The molecule has 1 rings (SSSR count). The number of aromatic carboxylic acids is 1. The largest absolute Gasteiger partial charge is 0.476 e. The third-order valence-corrected chi connectivity index (χ3v) is 1.67. The Labute approximate surface area is 86.4 Å². The van der Waals surface area contributed by atoms with Gasteiger partial charge in [-0.3, -0.25) is 4.79 Å². The number of carbonyl (C=O) groups excluding carboxylic acids is 1. The van der Waals surface area contributed by atoms with E-state index in [2.05, 4.69) is 15.3 Å². The molecule has 1 aromatic rings. The molecule has 6 nitrogen and oxygen atoms in total. The first-order chi connectivity index (χ1) is 7.02. The lowest BCUT2D eigenvalue weighted by Gasteiger charge is -2.07. The molecule has 0 aliphatic carbocycles. The van der Waals surface area contributed by atoms with Crippen LogP contribution in [0.1, 0.15) is 24.3 Å². The average Bonchev–Trinajstić information content (AvgIpc) is 2.18. The molecule has 0 aliphatic heterocycles. The molecule has 0 fully saturated rings. The highest BCUT2D eigenvalue weighted by molar-refractivity contribution is 5.98. The first kappa shape index (κ1) is 11.1. The van der Waals surface area contributed by atoms with Gasteiger partial charge in [0.2, 0.25) is 5.91 Å². The van der Waals surface area contributed by atoms with Crippen molar-refractivity contribution in [1.82, 2.24) is 9.97 Å². The van der Waals surface area contributed by atoms with Crippen molar-refractivity contribution in [3.63, 3.8) is 0 Å². The maximum Gasteiger partial charge on any atom is 0.358 e. The summed E-state index contributed by atoms with van der Waals surface area (Å²) in [7, 11) is 0. The number of rotatable bonds is 3. The summed E-state index contributed by atoms with van der Waals surface area (Å²) in [4.78, 5) is 29.4.